The van der Waals surface area contributed by atoms with Crippen LogP contribution in [0.1, 0.15) is 37.5 Å². The van der Waals surface area contributed by atoms with Crippen molar-refractivity contribution in [3.63, 3.8) is 0 Å². The molecule has 0 spiro atoms. The second kappa shape index (κ2) is 5.21. The van der Waals surface area contributed by atoms with E-state index in [0.29, 0.717) is 6.54 Å². The molecule has 1 amide bonds. The Labute approximate surface area is 103 Å². The number of benzene rings is 1. The van der Waals surface area contributed by atoms with Gasteiger partial charge >= 0.3 is 6.09 Å². The van der Waals surface area contributed by atoms with Crippen LogP contribution in [0.2, 0.25) is 0 Å². The van der Waals surface area contributed by atoms with Crippen LogP contribution in [-0.4, -0.2) is 11.7 Å². The van der Waals surface area contributed by atoms with Gasteiger partial charge in [-0.25, -0.2) is 4.79 Å². The van der Waals surface area contributed by atoms with Crippen molar-refractivity contribution in [3.05, 3.63) is 34.9 Å². The van der Waals surface area contributed by atoms with Gasteiger partial charge in [0.05, 0.1) is 0 Å². The molecule has 1 N–H and O–H groups in total. The molecule has 17 heavy (non-hydrogen) atoms. The number of nitrogens with one attached hydrogen (secondary N) is 1. The second-order valence-corrected chi connectivity index (χ2v) is 5.35. The zero-order chi connectivity index (χ0) is 13.1. The van der Waals surface area contributed by atoms with Crippen molar-refractivity contribution in [3.8, 4) is 0 Å². The van der Waals surface area contributed by atoms with Crippen LogP contribution in [0.4, 0.5) is 4.79 Å². The molecule has 3 heteroatoms. The first-order valence-electron chi connectivity index (χ1n) is 5.80. The summed E-state index contributed by atoms with van der Waals surface area (Å²) in [5.41, 5.74) is 3.04. The maximum Gasteiger partial charge on any atom is 0.407 e. The zero-order valence-electron chi connectivity index (χ0n) is 11.3. The van der Waals surface area contributed by atoms with Gasteiger partial charge in [-0.3, -0.25) is 0 Å². The zero-order valence-corrected chi connectivity index (χ0v) is 11.3. The first kappa shape index (κ1) is 13.6. The maximum absolute atomic E-state index is 11.5. The highest BCUT2D eigenvalue weighted by Gasteiger charge is 2.15. The highest BCUT2D eigenvalue weighted by atomic mass is 16.6. The van der Waals surface area contributed by atoms with Gasteiger partial charge in [0.1, 0.15) is 5.60 Å². The molecule has 0 heterocycles. The molecule has 0 aliphatic rings. The molecule has 0 radical (unpaired) electrons. The van der Waals surface area contributed by atoms with Crippen LogP contribution in [0.25, 0.3) is 0 Å². The fourth-order valence-corrected chi connectivity index (χ4v) is 1.66. The minimum atomic E-state index is -0.452. The van der Waals surface area contributed by atoms with Crippen molar-refractivity contribution < 1.29 is 9.53 Å². The number of carbonyl (C=O) groups is 1. The monoisotopic (exact) mass is 235 g/mol. The summed E-state index contributed by atoms with van der Waals surface area (Å²) in [5, 5.41) is 2.75. The molecule has 1 rings (SSSR count). The maximum atomic E-state index is 11.5. The van der Waals surface area contributed by atoms with Gasteiger partial charge in [0, 0.05) is 6.54 Å². The van der Waals surface area contributed by atoms with Gasteiger partial charge in [0.15, 0.2) is 0 Å². The van der Waals surface area contributed by atoms with Gasteiger partial charge in [-0.15, -0.1) is 0 Å². The third-order valence-electron chi connectivity index (χ3n) is 2.12. The number of hydrogen-bond acceptors (Lipinski definition) is 2. The summed E-state index contributed by atoms with van der Waals surface area (Å²) in [4.78, 5) is 11.5. The van der Waals surface area contributed by atoms with Crippen LogP contribution in [0.5, 0.6) is 0 Å². The van der Waals surface area contributed by atoms with E-state index in [1.54, 1.807) is 0 Å². The number of aryl methyl sites for hydroxylation is 2. The van der Waals surface area contributed by atoms with Gasteiger partial charge < -0.3 is 10.1 Å². The Bertz CT molecular complexity index is 385. The SMILES string of the molecule is Cc1cc(C)cc(CNC(=O)OC(C)(C)C)c1. The predicted molar refractivity (Wildman–Crippen MR) is 69.0 cm³/mol. The first-order valence-corrected chi connectivity index (χ1v) is 5.80. The third-order valence-corrected chi connectivity index (χ3v) is 2.12. The lowest BCUT2D eigenvalue weighted by Gasteiger charge is -2.19. The summed E-state index contributed by atoms with van der Waals surface area (Å²) in [6, 6.07) is 6.23. The molecule has 94 valence electrons. The van der Waals surface area contributed by atoms with Crippen molar-refractivity contribution >= 4 is 6.09 Å². The summed E-state index contributed by atoms with van der Waals surface area (Å²) in [6.45, 7) is 10.1. The van der Waals surface area contributed by atoms with Crippen molar-refractivity contribution in [1.82, 2.24) is 5.32 Å². The van der Waals surface area contributed by atoms with Crippen LogP contribution in [-0.2, 0) is 11.3 Å². The average Bonchev–Trinajstić information content (AvgIpc) is 2.10. The van der Waals surface area contributed by atoms with Crippen molar-refractivity contribution in [2.24, 2.45) is 0 Å². The quantitative estimate of drug-likeness (QED) is 0.854. The summed E-state index contributed by atoms with van der Waals surface area (Å²) < 4.78 is 5.17. The summed E-state index contributed by atoms with van der Waals surface area (Å²) >= 11 is 0. The average molecular weight is 235 g/mol. The fourth-order valence-electron chi connectivity index (χ4n) is 1.66. The molecule has 3 nitrogen and oxygen atoms in total. The molecule has 0 aliphatic carbocycles. The van der Waals surface area contributed by atoms with Crippen molar-refractivity contribution in [2.75, 3.05) is 0 Å². The Balaban J connectivity index is 2.53. The molecule has 0 unspecified atom stereocenters. The Morgan fingerprint density at radius 3 is 2.18 bits per heavy atom. The van der Waals surface area contributed by atoms with Crippen LogP contribution in [0.3, 0.4) is 0 Å². The van der Waals surface area contributed by atoms with E-state index in [0.717, 1.165) is 5.56 Å². The smallest absolute Gasteiger partial charge is 0.407 e. The molecule has 1 aromatic rings. The van der Waals surface area contributed by atoms with Crippen LogP contribution in [0.15, 0.2) is 18.2 Å². The Morgan fingerprint density at radius 2 is 1.71 bits per heavy atom. The van der Waals surface area contributed by atoms with E-state index < -0.39 is 5.60 Å². The minimum Gasteiger partial charge on any atom is -0.444 e. The van der Waals surface area contributed by atoms with Crippen LogP contribution < -0.4 is 5.32 Å². The second-order valence-electron chi connectivity index (χ2n) is 5.35. The number of rotatable bonds is 2. The Hall–Kier alpha value is -1.51. The minimum absolute atomic E-state index is 0.378. The standard InChI is InChI=1S/C14H21NO2/c1-10-6-11(2)8-12(7-10)9-15-13(16)17-14(3,4)5/h6-8H,9H2,1-5H3,(H,15,16). The van der Waals surface area contributed by atoms with Gasteiger partial charge in [0.25, 0.3) is 0 Å². The molecular formula is C14H21NO2. The van der Waals surface area contributed by atoms with E-state index in [-0.39, 0.29) is 6.09 Å². The topological polar surface area (TPSA) is 38.3 Å². The van der Waals surface area contributed by atoms with Gasteiger partial charge in [-0.05, 0) is 40.2 Å². The largest absolute Gasteiger partial charge is 0.444 e. The molecule has 0 saturated carbocycles. The molecule has 0 aromatic heterocycles. The van der Waals surface area contributed by atoms with E-state index in [4.69, 9.17) is 4.74 Å². The molecule has 0 bridgehead atoms. The van der Waals surface area contributed by atoms with Gasteiger partial charge in [-0.2, -0.15) is 0 Å². The molecule has 1 aromatic carbocycles. The fraction of sp³-hybridized carbons (Fsp3) is 0.500. The van der Waals surface area contributed by atoms with Crippen molar-refractivity contribution in [2.45, 2.75) is 46.8 Å². The first-order chi connectivity index (χ1) is 7.76. The van der Waals surface area contributed by atoms with E-state index >= 15 is 0 Å². The van der Waals surface area contributed by atoms with Crippen LogP contribution >= 0.6 is 0 Å². The summed E-state index contributed by atoms with van der Waals surface area (Å²) in [6.07, 6.45) is -0.378. The van der Waals surface area contributed by atoms with Gasteiger partial charge in [-0.1, -0.05) is 29.3 Å². The summed E-state index contributed by atoms with van der Waals surface area (Å²) in [5.74, 6) is 0. The van der Waals surface area contributed by atoms with Crippen molar-refractivity contribution in [1.29, 1.82) is 0 Å². The van der Waals surface area contributed by atoms with E-state index in [9.17, 15) is 4.79 Å². The molecule has 0 atom stereocenters. The van der Waals surface area contributed by atoms with E-state index in [1.165, 1.54) is 11.1 Å². The molecule has 0 fully saturated rings. The number of hydrogen-bond donors (Lipinski definition) is 1. The summed E-state index contributed by atoms with van der Waals surface area (Å²) in [7, 11) is 0. The number of amides is 1. The normalized spacial score (nSPS) is 11.1. The lowest BCUT2D eigenvalue weighted by Crippen LogP contribution is -2.32. The highest BCUT2D eigenvalue weighted by Crippen LogP contribution is 2.10. The van der Waals surface area contributed by atoms with E-state index in [1.807, 2.05) is 34.6 Å². The number of ether oxygens (including phenoxy) is 1. The Morgan fingerprint density at radius 1 is 1.18 bits per heavy atom. The van der Waals surface area contributed by atoms with E-state index in [2.05, 4.69) is 23.5 Å². The number of carbonyl (C=O) groups excluding carboxylic acids is 1. The van der Waals surface area contributed by atoms with Crippen LogP contribution in [0, 0.1) is 13.8 Å². The molecule has 0 aliphatic heterocycles. The number of alkyl carbamates (subject to hydrolysis) is 1. The third kappa shape index (κ3) is 5.38. The lowest BCUT2D eigenvalue weighted by molar-refractivity contribution is 0.0523. The predicted octanol–water partition coefficient (Wildman–Crippen LogP) is 3.33. The lowest BCUT2D eigenvalue weighted by atomic mass is 10.1. The highest BCUT2D eigenvalue weighted by molar-refractivity contribution is 5.67. The van der Waals surface area contributed by atoms with Gasteiger partial charge in [0.2, 0.25) is 0 Å². The molecule has 0 saturated heterocycles. The molecular weight excluding hydrogens is 214 g/mol. The Kier molecular flexibility index (Phi) is 4.16.